The number of halogens is 1. The summed E-state index contributed by atoms with van der Waals surface area (Å²) < 4.78 is 38.7. The number of anilines is 1. The van der Waals surface area contributed by atoms with Gasteiger partial charge in [-0.3, -0.25) is 9.59 Å². The number of ketones is 1. The minimum atomic E-state index is -2.86. The lowest BCUT2D eigenvalue weighted by molar-refractivity contribution is -0.116. The van der Waals surface area contributed by atoms with Crippen LogP contribution in [0.1, 0.15) is 26.3 Å². The van der Waals surface area contributed by atoms with Crippen molar-refractivity contribution in [2.24, 2.45) is 0 Å². The van der Waals surface area contributed by atoms with E-state index >= 15 is 0 Å². The Morgan fingerprint density at radius 3 is 2.86 bits per heavy atom. The molecule has 0 bridgehead atoms. The van der Waals surface area contributed by atoms with Gasteiger partial charge in [0.1, 0.15) is 5.82 Å². The van der Waals surface area contributed by atoms with Gasteiger partial charge in [0.2, 0.25) is 11.7 Å². The maximum Gasteiger partial charge on any atom is 0.223 e. The van der Waals surface area contributed by atoms with Gasteiger partial charge in [-0.25, -0.2) is 13.9 Å². The highest BCUT2D eigenvalue weighted by atomic mass is 32.1. The fourth-order valence-electron chi connectivity index (χ4n) is 2.82. The van der Waals surface area contributed by atoms with Gasteiger partial charge in [0.15, 0.2) is 5.65 Å². The van der Waals surface area contributed by atoms with Gasteiger partial charge in [-0.2, -0.15) is 5.10 Å². The molecule has 0 N–H and O–H groups in total. The number of hydrogen-bond acceptors (Lipinski definition) is 5. The third kappa shape index (κ3) is 2.97. The Labute approximate surface area is 168 Å². The lowest BCUT2D eigenvalue weighted by atomic mass is 10.1. The molecule has 0 aliphatic carbocycles. The standard InChI is InChI=1S/C20H15FN4O2S/c1-12(26)24(2)17-10-13(5-6-15(17)21)16-7-8-22-20-14(11-23-25(16)20)19(27)18-4-3-9-28-18/h3-11H,1-2H3/i2+1D3. The third-order valence-electron chi connectivity index (χ3n) is 4.19. The van der Waals surface area contributed by atoms with Gasteiger partial charge in [-0.1, -0.05) is 6.07 Å². The number of rotatable bonds is 4. The Morgan fingerprint density at radius 1 is 1.29 bits per heavy atom. The zero-order chi connectivity index (χ0) is 22.3. The highest BCUT2D eigenvalue weighted by Crippen LogP contribution is 2.28. The molecule has 1 amide bonds. The van der Waals surface area contributed by atoms with Crippen molar-refractivity contribution in [2.75, 3.05) is 11.9 Å². The van der Waals surface area contributed by atoms with Crippen LogP contribution in [0, 0.1) is 5.82 Å². The van der Waals surface area contributed by atoms with Crippen LogP contribution in [0.25, 0.3) is 16.9 Å². The first-order chi connectivity index (χ1) is 14.7. The van der Waals surface area contributed by atoms with E-state index in [1.807, 2.05) is 0 Å². The molecule has 6 nitrogen and oxygen atoms in total. The van der Waals surface area contributed by atoms with Crippen molar-refractivity contribution < 1.29 is 18.1 Å². The summed E-state index contributed by atoms with van der Waals surface area (Å²) in [5.41, 5.74) is 1.08. The van der Waals surface area contributed by atoms with E-state index in [1.165, 1.54) is 40.4 Å². The van der Waals surface area contributed by atoms with E-state index in [4.69, 9.17) is 4.11 Å². The minimum absolute atomic E-state index is 0.223. The summed E-state index contributed by atoms with van der Waals surface area (Å²) in [5, 5.41) is 6.05. The highest BCUT2D eigenvalue weighted by molar-refractivity contribution is 7.12. The summed E-state index contributed by atoms with van der Waals surface area (Å²) in [6.07, 6.45) is 2.88. The molecule has 4 rings (SSSR count). The molecular weight excluding hydrogens is 380 g/mol. The van der Waals surface area contributed by atoms with Gasteiger partial charge in [0.25, 0.3) is 0 Å². The number of thiophene rings is 1. The first kappa shape index (κ1) is 14.6. The van der Waals surface area contributed by atoms with Gasteiger partial charge in [0.05, 0.1) is 28.0 Å². The first-order valence-electron chi connectivity index (χ1n) is 9.70. The zero-order valence-corrected chi connectivity index (χ0v) is 15.4. The van der Waals surface area contributed by atoms with Crippen LogP contribution in [0.15, 0.2) is 54.2 Å². The van der Waals surface area contributed by atoms with Gasteiger partial charge in [-0.15, -0.1) is 11.3 Å². The number of fused-ring (bicyclic) bond motifs is 1. The van der Waals surface area contributed by atoms with Crippen molar-refractivity contribution in [3.63, 3.8) is 0 Å². The lowest BCUT2D eigenvalue weighted by Gasteiger charge is -2.17. The van der Waals surface area contributed by atoms with Gasteiger partial charge in [0, 0.05) is 29.8 Å². The van der Waals surface area contributed by atoms with Crippen LogP contribution < -0.4 is 4.90 Å². The zero-order valence-electron chi connectivity index (χ0n) is 17.6. The molecular formula is C20H15FN4O2S. The normalized spacial score (nSPS) is 13.0. The number of aromatic nitrogens is 3. The van der Waals surface area contributed by atoms with Gasteiger partial charge >= 0.3 is 0 Å². The average Bonchev–Trinajstić information content (AvgIpc) is 3.37. The Hall–Kier alpha value is -3.39. The van der Waals surface area contributed by atoms with Crippen LogP contribution in [-0.2, 0) is 4.79 Å². The molecule has 0 radical (unpaired) electrons. The van der Waals surface area contributed by atoms with E-state index < -0.39 is 18.7 Å². The molecule has 0 saturated carbocycles. The molecule has 0 unspecified atom stereocenters. The van der Waals surface area contributed by atoms with Crippen LogP contribution in [0.5, 0.6) is 0 Å². The number of hydrogen-bond donors (Lipinski definition) is 0. The summed E-state index contributed by atoms with van der Waals surface area (Å²) in [4.78, 5) is 29.9. The number of benzene rings is 1. The summed E-state index contributed by atoms with van der Waals surface area (Å²) in [7, 11) is 0. The SMILES string of the molecule is [2H][13C]([2H])([2H])N(C(C)=O)c1cc(-c2ccnc3c(C(=O)c4cccs4)cnn23)ccc1F. The van der Waals surface area contributed by atoms with Crippen molar-refractivity contribution in [1.82, 2.24) is 14.6 Å². The fraction of sp³-hybridized carbons (Fsp3) is 0.100. The van der Waals surface area contributed by atoms with Crippen LogP contribution in [0.3, 0.4) is 0 Å². The Bertz CT molecular complexity index is 1300. The maximum atomic E-state index is 14.5. The van der Waals surface area contributed by atoms with E-state index in [-0.39, 0.29) is 11.5 Å². The molecule has 0 saturated heterocycles. The lowest BCUT2D eigenvalue weighted by Crippen LogP contribution is -2.23. The van der Waals surface area contributed by atoms with E-state index in [9.17, 15) is 14.0 Å². The molecule has 0 spiro atoms. The minimum Gasteiger partial charge on any atom is -0.313 e. The summed E-state index contributed by atoms with van der Waals surface area (Å²) in [6, 6.07) is 8.86. The molecule has 0 aliphatic rings. The highest BCUT2D eigenvalue weighted by Gasteiger charge is 2.19. The second-order valence-corrected chi connectivity index (χ2v) is 6.90. The Balaban J connectivity index is 1.85. The molecule has 140 valence electrons. The smallest absolute Gasteiger partial charge is 0.223 e. The topological polar surface area (TPSA) is 67.6 Å². The Morgan fingerprint density at radius 2 is 2.14 bits per heavy atom. The Kier molecular flexibility index (Phi) is 3.65. The number of amides is 1. The molecule has 0 aliphatic heterocycles. The summed E-state index contributed by atoms with van der Waals surface area (Å²) in [6.45, 7) is -1.80. The molecule has 3 aromatic heterocycles. The fourth-order valence-corrected chi connectivity index (χ4v) is 3.50. The molecule has 0 fully saturated rings. The van der Waals surface area contributed by atoms with E-state index in [0.717, 1.165) is 13.0 Å². The molecule has 3 heterocycles. The second kappa shape index (κ2) is 6.97. The van der Waals surface area contributed by atoms with Crippen molar-refractivity contribution in [1.29, 1.82) is 0 Å². The third-order valence-corrected chi connectivity index (χ3v) is 5.06. The molecule has 1 aromatic carbocycles. The number of carbonyl (C=O) groups excluding carboxylic acids is 2. The van der Waals surface area contributed by atoms with E-state index in [1.54, 1.807) is 23.6 Å². The summed E-state index contributed by atoms with van der Waals surface area (Å²) >= 11 is 1.30. The van der Waals surface area contributed by atoms with Crippen molar-refractivity contribution >= 4 is 34.4 Å². The van der Waals surface area contributed by atoms with Crippen LogP contribution in [0.4, 0.5) is 10.1 Å². The van der Waals surface area contributed by atoms with Crippen LogP contribution in [-0.4, -0.2) is 33.3 Å². The second-order valence-electron chi connectivity index (χ2n) is 5.95. The van der Waals surface area contributed by atoms with Gasteiger partial charge < -0.3 is 4.90 Å². The predicted octanol–water partition coefficient (Wildman–Crippen LogP) is 3.81. The van der Waals surface area contributed by atoms with Crippen molar-refractivity contribution in [3.05, 3.63) is 70.4 Å². The monoisotopic (exact) mass is 398 g/mol. The van der Waals surface area contributed by atoms with Crippen LogP contribution in [0.2, 0.25) is 0 Å². The van der Waals surface area contributed by atoms with Crippen molar-refractivity contribution in [2.45, 2.75) is 6.92 Å². The number of nitrogens with zero attached hydrogens (tertiary/aromatic N) is 4. The van der Waals surface area contributed by atoms with E-state index in [0.29, 0.717) is 32.2 Å². The van der Waals surface area contributed by atoms with Gasteiger partial charge in [-0.05, 0) is 35.7 Å². The van der Waals surface area contributed by atoms with E-state index in [2.05, 4.69) is 10.1 Å². The average molecular weight is 398 g/mol. The quantitative estimate of drug-likeness (QED) is 0.387. The number of carbonyl (C=O) groups is 2. The largest absolute Gasteiger partial charge is 0.313 e. The predicted molar refractivity (Wildman–Crippen MR) is 105 cm³/mol. The van der Waals surface area contributed by atoms with Crippen molar-refractivity contribution in [3.8, 4) is 11.3 Å². The molecule has 0 atom stereocenters. The maximum absolute atomic E-state index is 14.5. The molecule has 28 heavy (non-hydrogen) atoms. The summed E-state index contributed by atoms with van der Waals surface area (Å²) in [5.74, 6) is -1.90. The van der Waals surface area contributed by atoms with Crippen LogP contribution >= 0.6 is 11.3 Å². The first-order valence-corrected chi connectivity index (χ1v) is 9.08. The molecule has 8 heteroatoms. The molecule has 4 aromatic rings.